The molecule has 32 heavy (non-hydrogen) atoms. The summed E-state index contributed by atoms with van der Waals surface area (Å²) in [6.45, 7) is 3.74. The van der Waals surface area contributed by atoms with Gasteiger partial charge in [0.1, 0.15) is 23.2 Å². The highest BCUT2D eigenvalue weighted by molar-refractivity contribution is 5.83. The molecule has 3 aromatic carbocycles. The second-order valence-electron chi connectivity index (χ2n) is 7.69. The van der Waals surface area contributed by atoms with E-state index in [2.05, 4.69) is 5.32 Å². The molecular formula is C26H21FN2O3. The number of fused-ring (bicyclic) bond motifs is 1. The van der Waals surface area contributed by atoms with Crippen LogP contribution in [-0.4, -0.2) is 5.11 Å². The minimum atomic E-state index is -0.674. The number of para-hydroxylation sites is 1. The molecule has 1 aromatic heterocycles. The van der Waals surface area contributed by atoms with E-state index in [-0.39, 0.29) is 29.4 Å². The largest absolute Gasteiger partial charge is 0.455 e. The van der Waals surface area contributed by atoms with E-state index < -0.39 is 5.82 Å². The van der Waals surface area contributed by atoms with Gasteiger partial charge >= 0.3 is 0 Å². The van der Waals surface area contributed by atoms with E-state index in [1.165, 1.54) is 18.2 Å². The van der Waals surface area contributed by atoms with Crippen molar-refractivity contribution in [3.63, 3.8) is 0 Å². The number of aryl methyl sites for hydroxylation is 1. The number of anilines is 1. The van der Waals surface area contributed by atoms with Crippen molar-refractivity contribution in [2.75, 3.05) is 5.32 Å². The van der Waals surface area contributed by atoms with Crippen LogP contribution >= 0.6 is 0 Å². The van der Waals surface area contributed by atoms with E-state index in [4.69, 9.17) is 9.68 Å². The fourth-order valence-corrected chi connectivity index (χ4v) is 3.77. The third-order valence-electron chi connectivity index (χ3n) is 5.40. The van der Waals surface area contributed by atoms with Gasteiger partial charge in [0.25, 0.3) is 0 Å². The number of hydrogen-bond acceptors (Lipinski definition) is 5. The number of nitriles is 1. The number of nitrogens with one attached hydrogen (secondary N) is 1. The van der Waals surface area contributed by atoms with Gasteiger partial charge in [0.15, 0.2) is 5.43 Å². The summed E-state index contributed by atoms with van der Waals surface area (Å²) in [6, 6.07) is 18.1. The maximum absolute atomic E-state index is 14.2. The minimum Gasteiger partial charge on any atom is -0.455 e. The summed E-state index contributed by atoms with van der Waals surface area (Å²) in [5, 5.41) is 22.4. The van der Waals surface area contributed by atoms with Crippen LogP contribution < -0.4 is 10.7 Å². The summed E-state index contributed by atoms with van der Waals surface area (Å²) in [5.74, 6) is -0.452. The molecule has 0 aliphatic carbocycles. The normalized spacial score (nSPS) is 11.8. The van der Waals surface area contributed by atoms with Crippen molar-refractivity contribution in [1.82, 2.24) is 0 Å². The lowest BCUT2D eigenvalue weighted by Gasteiger charge is -2.20. The molecule has 0 aliphatic heterocycles. The maximum atomic E-state index is 14.2. The molecule has 4 aromatic rings. The van der Waals surface area contributed by atoms with Crippen molar-refractivity contribution in [2.24, 2.45) is 0 Å². The molecule has 0 fully saturated rings. The Kier molecular flexibility index (Phi) is 5.76. The lowest BCUT2D eigenvalue weighted by Crippen LogP contribution is -2.11. The van der Waals surface area contributed by atoms with Gasteiger partial charge in [-0.1, -0.05) is 24.3 Å². The molecule has 160 valence electrons. The van der Waals surface area contributed by atoms with Crippen LogP contribution in [0.2, 0.25) is 0 Å². The Hall–Kier alpha value is -3.95. The summed E-state index contributed by atoms with van der Waals surface area (Å²) in [7, 11) is 0. The van der Waals surface area contributed by atoms with Crippen molar-refractivity contribution in [2.45, 2.75) is 26.5 Å². The molecule has 4 rings (SSSR count). The number of benzene rings is 3. The van der Waals surface area contributed by atoms with E-state index in [9.17, 15) is 14.3 Å². The summed E-state index contributed by atoms with van der Waals surface area (Å²) < 4.78 is 20.3. The van der Waals surface area contributed by atoms with Gasteiger partial charge in [0.2, 0.25) is 0 Å². The van der Waals surface area contributed by atoms with E-state index in [0.29, 0.717) is 16.5 Å². The maximum Gasteiger partial charge on any atom is 0.193 e. The number of aliphatic hydroxyl groups excluding tert-OH is 1. The highest BCUT2D eigenvalue weighted by Crippen LogP contribution is 2.31. The fraction of sp³-hybridized carbons (Fsp3) is 0.154. The zero-order chi connectivity index (χ0) is 22.8. The zero-order valence-electron chi connectivity index (χ0n) is 17.6. The molecule has 0 amide bonds. The second-order valence-corrected chi connectivity index (χ2v) is 7.69. The first-order chi connectivity index (χ1) is 15.4. The quantitative estimate of drug-likeness (QED) is 0.442. The van der Waals surface area contributed by atoms with Crippen molar-refractivity contribution in [3.8, 4) is 17.4 Å². The highest BCUT2D eigenvalue weighted by Gasteiger charge is 2.17. The average molecular weight is 428 g/mol. The Morgan fingerprint density at radius 1 is 1.16 bits per heavy atom. The van der Waals surface area contributed by atoms with Crippen LogP contribution in [-0.2, 0) is 6.61 Å². The Balaban J connectivity index is 1.85. The number of rotatable bonds is 5. The van der Waals surface area contributed by atoms with E-state index in [1.54, 1.807) is 18.2 Å². The van der Waals surface area contributed by atoms with E-state index >= 15 is 0 Å². The Bertz CT molecular complexity index is 1420. The Morgan fingerprint density at radius 2 is 1.94 bits per heavy atom. The van der Waals surface area contributed by atoms with Crippen molar-refractivity contribution < 1.29 is 13.9 Å². The monoisotopic (exact) mass is 428 g/mol. The molecular weight excluding hydrogens is 407 g/mol. The summed E-state index contributed by atoms with van der Waals surface area (Å²) >= 11 is 0. The Morgan fingerprint density at radius 3 is 2.66 bits per heavy atom. The molecule has 0 bridgehead atoms. The summed E-state index contributed by atoms with van der Waals surface area (Å²) in [5.41, 5.74) is 3.67. The Labute approximate surface area is 184 Å². The lowest BCUT2D eigenvalue weighted by molar-refractivity contribution is 0.282. The third-order valence-corrected chi connectivity index (χ3v) is 5.40. The van der Waals surface area contributed by atoms with Gasteiger partial charge in [-0.2, -0.15) is 5.26 Å². The van der Waals surface area contributed by atoms with Crippen molar-refractivity contribution in [1.29, 1.82) is 5.26 Å². The molecule has 0 saturated carbocycles. The van der Waals surface area contributed by atoms with Gasteiger partial charge < -0.3 is 14.8 Å². The third kappa shape index (κ3) is 3.98. The molecule has 0 radical (unpaired) electrons. The minimum absolute atomic E-state index is 0.0754. The zero-order valence-corrected chi connectivity index (χ0v) is 17.6. The number of hydrogen-bond donors (Lipinski definition) is 2. The average Bonchev–Trinajstić information content (AvgIpc) is 2.79. The predicted molar refractivity (Wildman–Crippen MR) is 122 cm³/mol. The predicted octanol–water partition coefficient (Wildman–Crippen LogP) is 5.44. The molecule has 1 atom stereocenters. The van der Waals surface area contributed by atoms with E-state index in [0.717, 1.165) is 22.4 Å². The van der Waals surface area contributed by atoms with Gasteiger partial charge in [0, 0.05) is 28.4 Å². The molecule has 0 unspecified atom stereocenters. The summed E-state index contributed by atoms with van der Waals surface area (Å²) in [6.07, 6.45) is 0. The lowest BCUT2D eigenvalue weighted by atomic mass is 10.00. The molecule has 1 heterocycles. The number of nitrogens with zero attached hydrogens (tertiary/aromatic N) is 1. The molecule has 0 aliphatic rings. The topological polar surface area (TPSA) is 86.3 Å². The van der Waals surface area contributed by atoms with Gasteiger partial charge in [-0.15, -0.1) is 0 Å². The number of halogens is 1. The van der Waals surface area contributed by atoms with Gasteiger partial charge in [0.05, 0.1) is 23.6 Å². The highest BCUT2D eigenvalue weighted by atomic mass is 19.1. The number of aliphatic hydroxyl groups is 1. The van der Waals surface area contributed by atoms with Crippen LogP contribution in [0.15, 0.2) is 69.9 Å². The van der Waals surface area contributed by atoms with Crippen molar-refractivity contribution in [3.05, 3.63) is 99.0 Å². The molecule has 0 spiro atoms. The molecule has 0 saturated heterocycles. The van der Waals surface area contributed by atoms with Gasteiger partial charge in [-0.3, -0.25) is 4.79 Å². The van der Waals surface area contributed by atoms with Crippen LogP contribution in [0.1, 0.15) is 35.2 Å². The second kappa shape index (κ2) is 8.66. The van der Waals surface area contributed by atoms with Crippen LogP contribution in [0.4, 0.5) is 10.1 Å². The van der Waals surface area contributed by atoms with Crippen LogP contribution in [0.5, 0.6) is 0 Å². The van der Waals surface area contributed by atoms with Crippen LogP contribution in [0.3, 0.4) is 0 Å². The first-order valence-corrected chi connectivity index (χ1v) is 10.1. The van der Waals surface area contributed by atoms with Crippen LogP contribution in [0.25, 0.3) is 22.3 Å². The fourth-order valence-electron chi connectivity index (χ4n) is 3.77. The van der Waals surface area contributed by atoms with Gasteiger partial charge in [-0.25, -0.2) is 4.39 Å². The smallest absolute Gasteiger partial charge is 0.193 e. The van der Waals surface area contributed by atoms with Crippen LogP contribution in [0, 0.1) is 24.1 Å². The first kappa shape index (κ1) is 21.3. The SMILES string of the molecule is Cc1cc([C@@H](C)Nc2ccccc2CO)c2oc(-c3ccc(C#N)c(F)c3)cc(=O)c2c1. The summed E-state index contributed by atoms with van der Waals surface area (Å²) in [4.78, 5) is 12.9. The van der Waals surface area contributed by atoms with E-state index in [1.807, 2.05) is 44.2 Å². The van der Waals surface area contributed by atoms with Gasteiger partial charge in [-0.05, 0) is 49.7 Å². The molecule has 6 heteroatoms. The molecule has 2 N–H and O–H groups in total. The first-order valence-electron chi connectivity index (χ1n) is 10.1. The standard InChI is InChI=1S/C26H21FN2O3/c1-15-9-20(16(2)29-23-6-4-3-5-19(23)14-30)26-21(10-15)24(31)12-25(32-26)17-7-8-18(13-28)22(27)11-17/h3-12,16,29-30H,14H2,1-2H3/t16-/m1/s1. The van der Waals surface area contributed by atoms with Crippen molar-refractivity contribution >= 4 is 16.7 Å². The molecule has 5 nitrogen and oxygen atoms in total.